The van der Waals surface area contributed by atoms with E-state index in [2.05, 4.69) is 12.2 Å². The van der Waals surface area contributed by atoms with Crippen molar-refractivity contribution < 1.29 is 14.7 Å². The van der Waals surface area contributed by atoms with Crippen LogP contribution in [0.15, 0.2) is 12.2 Å². The Morgan fingerprint density at radius 1 is 1.19 bits per heavy atom. The van der Waals surface area contributed by atoms with Crippen LogP contribution in [0.5, 0.6) is 0 Å². The summed E-state index contributed by atoms with van der Waals surface area (Å²) in [5, 5.41) is 8.87. The summed E-state index contributed by atoms with van der Waals surface area (Å²) < 4.78 is 0. The average Bonchev–Trinajstić information content (AvgIpc) is 2.78. The lowest BCUT2D eigenvalue weighted by Crippen LogP contribution is -2.35. The van der Waals surface area contributed by atoms with Crippen molar-refractivity contribution in [2.45, 2.75) is 25.7 Å². The highest BCUT2D eigenvalue weighted by Gasteiger charge is 2.33. The van der Waals surface area contributed by atoms with Gasteiger partial charge in [0.15, 0.2) is 0 Å². The second-order valence-corrected chi connectivity index (χ2v) is 4.59. The molecule has 0 aromatic heterocycles. The van der Waals surface area contributed by atoms with Gasteiger partial charge in [0.1, 0.15) is 0 Å². The molecule has 2 rings (SSSR count). The van der Waals surface area contributed by atoms with Crippen molar-refractivity contribution >= 4 is 11.9 Å². The zero-order valence-electron chi connectivity index (χ0n) is 9.26. The van der Waals surface area contributed by atoms with E-state index < -0.39 is 5.97 Å². The number of rotatable bonds is 2. The molecule has 1 fully saturated rings. The molecule has 0 aromatic carbocycles. The topological polar surface area (TPSA) is 57.6 Å². The van der Waals surface area contributed by atoms with Crippen molar-refractivity contribution in [1.82, 2.24) is 4.90 Å². The minimum Gasteiger partial charge on any atom is -0.481 e. The van der Waals surface area contributed by atoms with Crippen molar-refractivity contribution in [2.24, 2.45) is 11.8 Å². The first-order valence-electron chi connectivity index (χ1n) is 5.85. The Morgan fingerprint density at radius 2 is 2.00 bits per heavy atom. The van der Waals surface area contributed by atoms with E-state index in [-0.39, 0.29) is 17.7 Å². The summed E-state index contributed by atoms with van der Waals surface area (Å²) in [7, 11) is 0. The molecule has 0 saturated carbocycles. The van der Waals surface area contributed by atoms with E-state index in [0.29, 0.717) is 19.5 Å². The van der Waals surface area contributed by atoms with Gasteiger partial charge in [-0.1, -0.05) is 12.2 Å². The number of nitrogens with zero attached hydrogens (tertiary/aromatic N) is 1. The molecule has 16 heavy (non-hydrogen) atoms. The van der Waals surface area contributed by atoms with Gasteiger partial charge in [-0.15, -0.1) is 0 Å². The van der Waals surface area contributed by atoms with Gasteiger partial charge in [-0.2, -0.15) is 0 Å². The summed E-state index contributed by atoms with van der Waals surface area (Å²) in [6.45, 7) is 1.00. The molecule has 4 nitrogen and oxygen atoms in total. The summed E-state index contributed by atoms with van der Waals surface area (Å²) in [6.07, 6.45) is 7.44. The van der Waals surface area contributed by atoms with Gasteiger partial charge in [0, 0.05) is 19.0 Å². The van der Waals surface area contributed by atoms with E-state index >= 15 is 0 Å². The molecule has 0 spiro atoms. The van der Waals surface area contributed by atoms with Crippen molar-refractivity contribution in [3.8, 4) is 0 Å². The average molecular weight is 223 g/mol. The van der Waals surface area contributed by atoms with Gasteiger partial charge in [0.2, 0.25) is 5.91 Å². The van der Waals surface area contributed by atoms with E-state index in [1.54, 1.807) is 4.90 Å². The maximum atomic E-state index is 12.1. The molecule has 1 N–H and O–H groups in total. The minimum absolute atomic E-state index is 0.0811. The molecule has 1 aliphatic heterocycles. The van der Waals surface area contributed by atoms with Crippen molar-refractivity contribution in [3.05, 3.63) is 12.2 Å². The SMILES string of the molecule is O=C(O)[C@@H]1CCN(C(=O)[C@H]2CC=CCC2)C1. The number of carbonyl (C=O) groups is 2. The van der Waals surface area contributed by atoms with Crippen LogP contribution in [0.3, 0.4) is 0 Å². The molecular formula is C12H17NO3. The van der Waals surface area contributed by atoms with Crippen molar-refractivity contribution in [1.29, 1.82) is 0 Å². The number of hydrogen-bond donors (Lipinski definition) is 1. The van der Waals surface area contributed by atoms with Gasteiger partial charge in [-0.05, 0) is 25.7 Å². The molecule has 0 aromatic rings. The van der Waals surface area contributed by atoms with E-state index in [0.717, 1.165) is 19.3 Å². The number of hydrogen-bond acceptors (Lipinski definition) is 2. The number of carboxylic acids is 1. The number of allylic oxidation sites excluding steroid dienone is 2. The predicted octanol–water partition coefficient (Wildman–Crippen LogP) is 1.28. The zero-order valence-corrected chi connectivity index (χ0v) is 9.26. The van der Waals surface area contributed by atoms with Gasteiger partial charge >= 0.3 is 5.97 Å². The first kappa shape index (κ1) is 11.2. The fraction of sp³-hybridized carbons (Fsp3) is 0.667. The van der Waals surface area contributed by atoms with Crippen LogP contribution >= 0.6 is 0 Å². The Labute approximate surface area is 94.9 Å². The van der Waals surface area contributed by atoms with Gasteiger partial charge in [0.05, 0.1) is 5.92 Å². The lowest BCUT2D eigenvalue weighted by atomic mass is 9.93. The lowest BCUT2D eigenvalue weighted by Gasteiger charge is -2.23. The summed E-state index contributed by atoms with van der Waals surface area (Å²) >= 11 is 0. The first-order chi connectivity index (χ1) is 7.68. The molecule has 1 amide bonds. The first-order valence-corrected chi connectivity index (χ1v) is 5.85. The van der Waals surface area contributed by atoms with Gasteiger partial charge < -0.3 is 10.0 Å². The monoisotopic (exact) mass is 223 g/mol. The lowest BCUT2D eigenvalue weighted by molar-refractivity contribution is -0.141. The second-order valence-electron chi connectivity index (χ2n) is 4.59. The molecule has 0 radical (unpaired) electrons. The smallest absolute Gasteiger partial charge is 0.308 e. The van der Waals surface area contributed by atoms with E-state index in [9.17, 15) is 9.59 Å². The molecule has 1 heterocycles. The Balaban J connectivity index is 1.91. The van der Waals surface area contributed by atoms with Crippen LogP contribution in [0, 0.1) is 11.8 Å². The molecule has 0 unspecified atom stereocenters. The molecular weight excluding hydrogens is 206 g/mol. The third-order valence-electron chi connectivity index (χ3n) is 3.47. The number of likely N-dealkylation sites (tertiary alicyclic amines) is 1. The Morgan fingerprint density at radius 3 is 2.56 bits per heavy atom. The van der Waals surface area contributed by atoms with Crippen LogP contribution in [-0.2, 0) is 9.59 Å². The molecule has 4 heteroatoms. The van der Waals surface area contributed by atoms with E-state index in [1.165, 1.54) is 0 Å². The maximum absolute atomic E-state index is 12.1. The Kier molecular flexibility index (Phi) is 3.27. The van der Waals surface area contributed by atoms with Gasteiger partial charge in [-0.25, -0.2) is 0 Å². The molecule has 1 saturated heterocycles. The van der Waals surface area contributed by atoms with E-state index in [4.69, 9.17) is 5.11 Å². The summed E-state index contributed by atoms with van der Waals surface area (Å²) in [5.41, 5.74) is 0. The normalized spacial score (nSPS) is 29.4. The quantitative estimate of drug-likeness (QED) is 0.717. The van der Waals surface area contributed by atoms with Crippen LogP contribution in [0.1, 0.15) is 25.7 Å². The Hall–Kier alpha value is -1.32. The summed E-state index contributed by atoms with van der Waals surface area (Å²) in [5.74, 6) is -0.910. The van der Waals surface area contributed by atoms with Crippen LogP contribution < -0.4 is 0 Å². The zero-order chi connectivity index (χ0) is 11.5. The number of carbonyl (C=O) groups excluding carboxylic acids is 1. The minimum atomic E-state index is -0.779. The largest absolute Gasteiger partial charge is 0.481 e. The fourth-order valence-corrected chi connectivity index (χ4v) is 2.44. The predicted molar refractivity (Wildman–Crippen MR) is 58.8 cm³/mol. The second kappa shape index (κ2) is 4.68. The molecule has 1 aliphatic carbocycles. The summed E-state index contributed by atoms with van der Waals surface area (Å²) in [6, 6.07) is 0. The van der Waals surface area contributed by atoms with Crippen molar-refractivity contribution in [3.63, 3.8) is 0 Å². The van der Waals surface area contributed by atoms with Gasteiger partial charge in [-0.3, -0.25) is 9.59 Å². The number of aliphatic carboxylic acids is 1. The highest BCUT2D eigenvalue weighted by molar-refractivity contribution is 5.81. The molecule has 88 valence electrons. The van der Waals surface area contributed by atoms with Crippen LogP contribution in [-0.4, -0.2) is 35.0 Å². The highest BCUT2D eigenvalue weighted by atomic mass is 16.4. The molecule has 0 bridgehead atoms. The van der Waals surface area contributed by atoms with Gasteiger partial charge in [0.25, 0.3) is 0 Å². The van der Waals surface area contributed by atoms with E-state index in [1.807, 2.05) is 0 Å². The Bertz CT molecular complexity index is 324. The highest BCUT2D eigenvalue weighted by Crippen LogP contribution is 2.24. The molecule has 2 atom stereocenters. The van der Waals surface area contributed by atoms with Crippen LogP contribution in [0.25, 0.3) is 0 Å². The molecule has 2 aliphatic rings. The third kappa shape index (κ3) is 2.26. The number of carboxylic acid groups (broad SMARTS) is 1. The standard InChI is InChI=1S/C12H17NO3/c14-11(9-4-2-1-3-5-9)13-7-6-10(8-13)12(15)16/h1-2,9-10H,3-8H2,(H,15,16)/t9-,10+/m0/s1. The van der Waals surface area contributed by atoms with Crippen LogP contribution in [0.4, 0.5) is 0 Å². The van der Waals surface area contributed by atoms with Crippen LogP contribution in [0.2, 0.25) is 0 Å². The van der Waals surface area contributed by atoms with Crippen molar-refractivity contribution in [2.75, 3.05) is 13.1 Å². The maximum Gasteiger partial charge on any atom is 0.308 e. The third-order valence-corrected chi connectivity index (χ3v) is 3.47. The summed E-state index contributed by atoms with van der Waals surface area (Å²) in [4.78, 5) is 24.6. The number of amides is 1. The fourth-order valence-electron chi connectivity index (χ4n) is 2.44.